The number of fused-ring (bicyclic) bond motifs is 3. The van der Waals surface area contributed by atoms with E-state index in [2.05, 4.69) is 5.32 Å². The van der Waals surface area contributed by atoms with Gasteiger partial charge in [-0.2, -0.15) is 0 Å². The second-order valence-electron chi connectivity index (χ2n) is 6.91. The third kappa shape index (κ3) is 3.88. The Morgan fingerprint density at radius 3 is 2.93 bits per heavy atom. The largest absolute Gasteiger partial charge is 0.492 e. The molecule has 0 saturated heterocycles. The molecule has 1 aliphatic carbocycles. The van der Waals surface area contributed by atoms with Crippen molar-refractivity contribution in [3.63, 3.8) is 0 Å². The summed E-state index contributed by atoms with van der Waals surface area (Å²) in [5, 5.41) is 3.22. The SMILES string of the molecule is CN(C(=O)c1cc2c(s1)-c1ccc(NC(N)=O)cc1OCC2)C1CC=CC=C1Cl. The van der Waals surface area contributed by atoms with Crippen molar-refractivity contribution in [1.82, 2.24) is 4.90 Å². The first-order chi connectivity index (χ1) is 13.9. The predicted molar refractivity (Wildman–Crippen MR) is 116 cm³/mol. The van der Waals surface area contributed by atoms with Gasteiger partial charge in [0.05, 0.1) is 17.5 Å². The highest BCUT2D eigenvalue weighted by molar-refractivity contribution is 7.17. The number of benzene rings is 1. The number of hydrogen-bond donors (Lipinski definition) is 2. The van der Waals surface area contributed by atoms with Gasteiger partial charge in [-0.3, -0.25) is 4.79 Å². The number of carbonyl (C=O) groups is 2. The molecule has 0 bridgehead atoms. The Bertz CT molecular complexity index is 1040. The van der Waals surface area contributed by atoms with Gasteiger partial charge in [-0.1, -0.05) is 23.8 Å². The zero-order valence-electron chi connectivity index (χ0n) is 15.8. The van der Waals surface area contributed by atoms with Crippen LogP contribution in [0.5, 0.6) is 5.75 Å². The normalized spacial score (nSPS) is 17.3. The molecule has 1 atom stereocenters. The number of anilines is 1. The molecule has 0 saturated carbocycles. The van der Waals surface area contributed by atoms with Crippen molar-refractivity contribution < 1.29 is 14.3 Å². The van der Waals surface area contributed by atoms with Gasteiger partial charge in [0, 0.05) is 40.7 Å². The van der Waals surface area contributed by atoms with Crippen LogP contribution in [0.15, 0.2) is 47.5 Å². The number of nitrogens with one attached hydrogen (secondary N) is 1. The van der Waals surface area contributed by atoms with Gasteiger partial charge in [-0.15, -0.1) is 11.3 Å². The Labute approximate surface area is 177 Å². The molecule has 1 aromatic carbocycles. The van der Waals surface area contributed by atoms with E-state index in [0.717, 1.165) is 16.0 Å². The Balaban J connectivity index is 1.64. The van der Waals surface area contributed by atoms with Crippen molar-refractivity contribution in [3.05, 3.63) is 58.0 Å². The topological polar surface area (TPSA) is 84.7 Å². The van der Waals surface area contributed by atoms with Gasteiger partial charge in [0.2, 0.25) is 0 Å². The van der Waals surface area contributed by atoms with E-state index < -0.39 is 6.03 Å². The van der Waals surface area contributed by atoms with Crippen LogP contribution in [-0.2, 0) is 6.42 Å². The Hall–Kier alpha value is -2.77. The Morgan fingerprint density at radius 2 is 2.17 bits per heavy atom. The van der Waals surface area contributed by atoms with Crippen LogP contribution in [0.25, 0.3) is 10.4 Å². The van der Waals surface area contributed by atoms with Gasteiger partial charge in [0.25, 0.3) is 5.91 Å². The molecular weight excluding hydrogens is 410 g/mol. The molecule has 6 nitrogen and oxygen atoms in total. The number of amides is 3. The van der Waals surface area contributed by atoms with Crippen LogP contribution >= 0.6 is 22.9 Å². The summed E-state index contributed by atoms with van der Waals surface area (Å²) < 4.78 is 5.86. The van der Waals surface area contributed by atoms with Crippen molar-refractivity contribution in [2.45, 2.75) is 18.9 Å². The van der Waals surface area contributed by atoms with Gasteiger partial charge < -0.3 is 20.7 Å². The van der Waals surface area contributed by atoms with E-state index in [0.29, 0.717) is 40.8 Å². The van der Waals surface area contributed by atoms with E-state index >= 15 is 0 Å². The number of halogens is 1. The summed E-state index contributed by atoms with van der Waals surface area (Å²) in [5.74, 6) is 0.608. The second kappa shape index (κ2) is 7.93. The number of hydrogen-bond acceptors (Lipinski definition) is 4. The van der Waals surface area contributed by atoms with E-state index in [1.165, 1.54) is 11.3 Å². The molecule has 2 heterocycles. The molecule has 29 heavy (non-hydrogen) atoms. The number of nitrogens with two attached hydrogens (primary N) is 1. The zero-order valence-corrected chi connectivity index (χ0v) is 17.3. The molecule has 1 unspecified atom stereocenters. The van der Waals surface area contributed by atoms with Crippen LogP contribution < -0.4 is 15.8 Å². The van der Waals surface area contributed by atoms with Crippen LogP contribution in [0.2, 0.25) is 0 Å². The van der Waals surface area contributed by atoms with Crippen molar-refractivity contribution in [3.8, 4) is 16.2 Å². The smallest absolute Gasteiger partial charge is 0.316 e. The molecular formula is C21H20ClN3O3S. The third-order valence-corrected chi connectivity index (χ3v) is 6.58. The fourth-order valence-electron chi connectivity index (χ4n) is 3.52. The number of thiophene rings is 1. The van der Waals surface area contributed by atoms with Crippen LogP contribution in [0.1, 0.15) is 21.7 Å². The fraction of sp³-hybridized carbons (Fsp3) is 0.238. The van der Waals surface area contributed by atoms with E-state index in [-0.39, 0.29) is 11.9 Å². The number of likely N-dealkylation sites (N-methyl/N-ethyl adjacent to an activating group) is 1. The molecule has 3 N–H and O–H groups in total. The molecule has 1 aliphatic heterocycles. The van der Waals surface area contributed by atoms with Crippen molar-refractivity contribution >= 4 is 40.6 Å². The van der Waals surface area contributed by atoms with Gasteiger partial charge in [-0.05, 0) is 36.3 Å². The highest BCUT2D eigenvalue weighted by atomic mass is 35.5. The first kappa shape index (κ1) is 19.5. The number of urea groups is 1. The maximum Gasteiger partial charge on any atom is 0.316 e. The van der Waals surface area contributed by atoms with Crippen molar-refractivity contribution in [2.24, 2.45) is 5.73 Å². The summed E-state index contributed by atoms with van der Waals surface area (Å²) in [5.41, 5.74) is 7.74. The minimum Gasteiger partial charge on any atom is -0.492 e. The van der Waals surface area contributed by atoms with E-state index in [1.807, 2.05) is 30.4 Å². The highest BCUT2D eigenvalue weighted by Gasteiger charge is 2.27. The molecule has 4 rings (SSSR count). The minimum absolute atomic E-state index is 0.0515. The van der Waals surface area contributed by atoms with E-state index in [4.69, 9.17) is 22.1 Å². The summed E-state index contributed by atoms with van der Waals surface area (Å²) >= 11 is 7.76. The lowest BCUT2D eigenvalue weighted by molar-refractivity contribution is 0.0763. The summed E-state index contributed by atoms with van der Waals surface area (Å²) in [6.45, 7) is 0.488. The molecule has 150 valence electrons. The lowest BCUT2D eigenvalue weighted by atomic mass is 10.1. The van der Waals surface area contributed by atoms with Gasteiger partial charge in [0.15, 0.2) is 0 Å². The highest BCUT2D eigenvalue weighted by Crippen LogP contribution is 2.42. The summed E-state index contributed by atoms with van der Waals surface area (Å²) in [4.78, 5) is 27.6. The van der Waals surface area contributed by atoms with Crippen LogP contribution in [0.4, 0.5) is 10.5 Å². The number of allylic oxidation sites excluding steroid dienone is 2. The van der Waals surface area contributed by atoms with Crippen LogP contribution in [0.3, 0.4) is 0 Å². The van der Waals surface area contributed by atoms with Crippen molar-refractivity contribution in [2.75, 3.05) is 19.0 Å². The minimum atomic E-state index is -0.628. The third-order valence-electron chi connectivity index (χ3n) is 5.00. The van der Waals surface area contributed by atoms with E-state index in [9.17, 15) is 9.59 Å². The molecule has 3 amide bonds. The Morgan fingerprint density at radius 1 is 1.34 bits per heavy atom. The van der Waals surface area contributed by atoms with Gasteiger partial charge in [0.1, 0.15) is 5.75 Å². The average molecular weight is 430 g/mol. The monoisotopic (exact) mass is 429 g/mol. The zero-order chi connectivity index (χ0) is 20.5. The first-order valence-corrected chi connectivity index (χ1v) is 10.4. The van der Waals surface area contributed by atoms with Crippen LogP contribution in [-0.4, -0.2) is 36.5 Å². The lowest BCUT2D eigenvalue weighted by Gasteiger charge is -2.28. The van der Waals surface area contributed by atoms with Crippen LogP contribution in [0, 0.1) is 0 Å². The maximum atomic E-state index is 13.1. The molecule has 2 aliphatic rings. The second-order valence-corrected chi connectivity index (χ2v) is 8.40. The Kier molecular flexibility index (Phi) is 5.34. The molecule has 2 aromatic rings. The summed E-state index contributed by atoms with van der Waals surface area (Å²) in [6, 6.07) is 6.58. The van der Waals surface area contributed by atoms with E-state index in [1.54, 1.807) is 24.1 Å². The predicted octanol–water partition coefficient (Wildman–Crippen LogP) is 4.36. The van der Waals surface area contributed by atoms with Gasteiger partial charge >= 0.3 is 6.03 Å². The maximum absolute atomic E-state index is 13.1. The molecule has 1 aromatic heterocycles. The first-order valence-electron chi connectivity index (χ1n) is 9.20. The average Bonchev–Trinajstić information content (AvgIpc) is 3.03. The lowest BCUT2D eigenvalue weighted by Crippen LogP contribution is -2.37. The molecule has 0 fully saturated rings. The standard InChI is InChI=1S/C21H20ClN3O3S/c1-25(16-5-3-2-4-15(16)22)20(26)18-10-12-8-9-28-17-11-13(24-21(23)27)6-7-14(17)19(12)29-18/h2-4,6-7,10-11,16H,5,8-9H2,1H3,(H3,23,24,27). The molecule has 0 radical (unpaired) electrons. The van der Waals surface area contributed by atoms with Crippen molar-refractivity contribution in [1.29, 1.82) is 0 Å². The quantitative estimate of drug-likeness (QED) is 0.760. The summed E-state index contributed by atoms with van der Waals surface area (Å²) in [6.07, 6.45) is 7.14. The number of carbonyl (C=O) groups excluding carboxylic acids is 2. The number of rotatable bonds is 3. The number of primary amides is 1. The number of ether oxygens (including phenoxy) is 1. The number of nitrogens with zero attached hydrogens (tertiary/aromatic N) is 1. The fourth-order valence-corrected chi connectivity index (χ4v) is 5.05. The van der Waals surface area contributed by atoms with Gasteiger partial charge in [-0.25, -0.2) is 4.79 Å². The molecule has 8 heteroatoms. The summed E-state index contributed by atoms with van der Waals surface area (Å²) in [7, 11) is 1.78. The molecule has 0 spiro atoms.